The quantitative estimate of drug-likeness (QED) is 0.532. The molecular formula is C16H17ClN2O6S. The van der Waals surface area contributed by atoms with Gasteiger partial charge >= 0.3 is 0 Å². The highest BCUT2D eigenvalue weighted by molar-refractivity contribution is 7.92. The molecule has 0 aliphatic rings. The second-order valence-electron chi connectivity index (χ2n) is 5.19. The van der Waals surface area contributed by atoms with Crippen LogP contribution < -0.4 is 14.2 Å². The average Bonchev–Trinajstić information content (AvgIpc) is 2.60. The van der Waals surface area contributed by atoms with Crippen molar-refractivity contribution in [1.29, 1.82) is 0 Å². The van der Waals surface area contributed by atoms with Gasteiger partial charge in [0, 0.05) is 5.02 Å². The fraction of sp³-hybridized carbons (Fsp3) is 0.250. The lowest BCUT2D eigenvalue weighted by atomic mass is 10.2. The van der Waals surface area contributed by atoms with Gasteiger partial charge in [-0.25, -0.2) is 8.42 Å². The van der Waals surface area contributed by atoms with Crippen LogP contribution in [0.5, 0.6) is 11.5 Å². The molecule has 0 fully saturated rings. The van der Waals surface area contributed by atoms with Crippen molar-refractivity contribution in [3.8, 4) is 11.5 Å². The molecule has 0 unspecified atom stereocenters. The van der Waals surface area contributed by atoms with Crippen LogP contribution in [0.3, 0.4) is 0 Å². The number of anilines is 1. The van der Waals surface area contributed by atoms with Crippen molar-refractivity contribution < 1.29 is 22.8 Å². The van der Waals surface area contributed by atoms with Gasteiger partial charge < -0.3 is 9.47 Å². The van der Waals surface area contributed by atoms with Crippen LogP contribution in [0, 0.1) is 10.1 Å². The Labute approximate surface area is 155 Å². The number of nitro benzene ring substituents is 1. The van der Waals surface area contributed by atoms with Crippen molar-refractivity contribution in [2.45, 2.75) is 18.2 Å². The highest BCUT2D eigenvalue weighted by Gasteiger charge is 2.25. The van der Waals surface area contributed by atoms with E-state index in [4.69, 9.17) is 21.1 Å². The highest BCUT2D eigenvalue weighted by atomic mass is 35.5. The van der Waals surface area contributed by atoms with Crippen LogP contribution in [0.1, 0.15) is 13.3 Å². The minimum absolute atomic E-state index is 0.0625. The third kappa shape index (κ3) is 4.55. The first kappa shape index (κ1) is 19.8. The van der Waals surface area contributed by atoms with Crippen LogP contribution in [-0.2, 0) is 10.0 Å². The minimum atomic E-state index is -4.17. The molecule has 2 aromatic carbocycles. The summed E-state index contributed by atoms with van der Waals surface area (Å²) in [5.74, 6) is 0.342. The summed E-state index contributed by atoms with van der Waals surface area (Å²) in [6, 6.07) is 7.97. The van der Waals surface area contributed by atoms with Gasteiger partial charge in [-0.05, 0) is 36.8 Å². The summed E-state index contributed by atoms with van der Waals surface area (Å²) < 4.78 is 37.9. The Bertz CT molecular complexity index is 917. The normalized spacial score (nSPS) is 11.0. The number of nitro groups is 1. The first-order valence-corrected chi connectivity index (χ1v) is 9.42. The fourth-order valence-corrected chi connectivity index (χ4v) is 3.63. The van der Waals surface area contributed by atoms with E-state index in [0.29, 0.717) is 6.61 Å². The third-order valence-corrected chi connectivity index (χ3v) is 4.92. The maximum Gasteiger partial charge on any atom is 0.297 e. The fourth-order valence-electron chi connectivity index (χ4n) is 2.12. The standard InChI is InChI=1S/C16H17ClN2O6S/c1-3-8-25-12-5-6-13(14(10-12)19(20)21)18-26(22,23)16-9-11(17)4-7-15(16)24-2/h4-7,9-10,18H,3,8H2,1-2H3. The van der Waals surface area contributed by atoms with Gasteiger partial charge in [0.1, 0.15) is 22.1 Å². The molecule has 0 radical (unpaired) electrons. The molecular weight excluding hydrogens is 384 g/mol. The molecule has 2 rings (SSSR count). The summed E-state index contributed by atoms with van der Waals surface area (Å²) in [7, 11) is -2.86. The largest absolute Gasteiger partial charge is 0.495 e. The van der Waals surface area contributed by atoms with Gasteiger partial charge in [-0.1, -0.05) is 18.5 Å². The number of ether oxygens (including phenoxy) is 2. The molecule has 140 valence electrons. The van der Waals surface area contributed by atoms with Crippen molar-refractivity contribution in [2.75, 3.05) is 18.4 Å². The van der Waals surface area contributed by atoms with Gasteiger partial charge in [-0.3, -0.25) is 14.8 Å². The molecule has 0 aliphatic heterocycles. The molecule has 0 bridgehead atoms. The lowest BCUT2D eigenvalue weighted by Gasteiger charge is -2.13. The Balaban J connectivity index is 2.43. The molecule has 0 amide bonds. The number of sulfonamides is 1. The summed E-state index contributed by atoms with van der Waals surface area (Å²) >= 11 is 5.86. The Hall–Kier alpha value is -2.52. The van der Waals surface area contributed by atoms with Gasteiger partial charge in [0.25, 0.3) is 15.7 Å². The zero-order valence-electron chi connectivity index (χ0n) is 14.1. The van der Waals surface area contributed by atoms with Gasteiger partial charge in [-0.15, -0.1) is 0 Å². The molecule has 0 saturated carbocycles. The monoisotopic (exact) mass is 400 g/mol. The van der Waals surface area contributed by atoms with Crippen molar-refractivity contribution in [3.05, 3.63) is 51.5 Å². The van der Waals surface area contributed by atoms with Gasteiger partial charge in [0.05, 0.1) is 24.7 Å². The van der Waals surface area contributed by atoms with E-state index in [-0.39, 0.29) is 27.1 Å². The summed E-state index contributed by atoms with van der Waals surface area (Å²) in [5, 5.41) is 11.5. The summed E-state index contributed by atoms with van der Waals surface area (Å²) in [6.45, 7) is 2.29. The molecule has 0 spiro atoms. The molecule has 1 N–H and O–H groups in total. The van der Waals surface area contributed by atoms with Crippen molar-refractivity contribution in [1.82, 2.24) is 0 Å². The maximum atomic E-state index is 12.7. The number of nitrogens with zero attached hydrogens (tertiary/aromatic N) is 1. The average molecular weight is 401 g/mol. The van der Waals surface area contributed by atoms with Crippen LogP contribution in [0.15, 0.2) is 41.3 Å². The molecule has 0 saturated heterocycles. The van der Waals surface area contributed by atoms with Crippen LogP contribution in [-0.4, -0.2) is 27.1 Å². The van der Waals surface area contributed by atoms with Crippen molar-refractivity contribution >= 4 is 33.0 Å². The van der Waals surface area contributed by atoms with E-state index in [0.717, 1.165) is 6.42 Å². The Morgan fingerprint density at radius 3 is 2.58 bits per heavy atom. The first-order chi connectivity index (χ1) is 12.3. The van der Waals surface area contributed by atoms with Crippen LogP contribution in [0.25, 0.3) is 0 Å². The first-order valence-electron chi connectivity index (χ1n) is 7.56. The molecule has 0 aromatic heterocycles. The number of rotatable bonds is 8. The van der Waals surface area contributed by atoms with E-state index < -0.39 is 20.6 Å². The van der Waals surface area contributed by atoms with Gasteiger partial charge in [0.2, 0.25) is 0 Å². The van der Waals surface area contributed by atoms with Crippen molar-refractivity contribution in [3.63, 3.8) is 0 Å². The number of hydrogen-bond acceptors (Lipinski definition) is 6. The topological polar surface area (TPSA) is 108 Å². The Kier molecular flexibility index (Phi) is 6.27. The van der Waals surface area contributed by atoms with Gasteiger partial charge in [0.15, 0.2) is 0 Å². The van der Waals surface area contributed by atoms with E-state index in [9.17, 15) is 18.5 Å². The smallest absolute Gasteiger partial charge is 0.297 e. The number of nitrogens with one attached hydrogen (secondary N) is 1. The number of methoxy groups -OCH3 is 1. The second-order valence-corrected chi connectivity index (χ2v) is 7.27. The Morgan fingerprint density at radius 2 is 1.96 bits per heavy atom. The molecule has 8 nitrogen and oxygen atoms in total. The van der Waals surface area contributed by atoms with Crippen LogP contribution >= 0.6 is 11.6 Å². The highest BCUT2D eigenvalue weighted by Crippen LogP contribution is 2.33. The molecule has 26 heavy (non-hydrogen) atoms. The molecule has 0 aliphatic carbocycles. The summed E-state index contributed by atoms with van der Waals surface area (Å²) in [4.78, 5) is 10.4. The molecule has 0 atom stereocenters. The van der Waals surface area contributed by atoms with Crippen LogP contribution in [0.2, 0.25) is 5.02 Å². The Morgan fingerprint density at radius 1 is 1.23 bits per heavy atom. The lowest BCUT2D eigenvalue weighted by Crippen LogP contribution is -2.15. The van der Waals surface area contributed by atoms with E-state index in [1.54, 1.807) is 0 Å². The predicted molar refractivity (Wildman–Crippen MR) is 97.7 cm³/mol. The van der Waals surface area contributed by atoms with Gasteiger partial charge in [-0.2, -0.15) is 0 Å². The van der Waals surface area contributed by atoms with E-state index in [2.05, 4.69) is 4.72 Å². The minimum Gasteiger partial charge on any atom is -0.495 e. The maximum absolute atomic E-state index is 12.7. The number of hydrogen-bond donors (Lipinski definition) is 1. The third-order valence-electron chi connectivity index (χ3n) is 3.30. The zero-order valence-corrected chi connectivity index (χ0v) is 15.6. The number of benzene rings is 2. The SMILES string of the molecule is CCCOc1ccc(NS(=O)(=O)c2cc(Cl)ccc2OC)c([N+](=O)[O-])c1. The van der Waals surface area contributed by atoms with E-state index >= 15 is 0 Å². The number of halogens is 1. The molecule has 0 heterocycles. The second kappa shape index (κ2) is 8.24. The predicted octanol–water partition coefficient (Wildman–Crippen LogP) is 3.85. The summed E-state index contributed by atoms with van der Waals surface area (Å²) in [6.07, 6.45) is 0.733. The lowest BCUT2D eigenvalue weighted by molar-refractivity contribution is -0.384. The molecule has 10 heteroatoms. The van der Waals surface area contributed by atoms with Crippen molar-refractivity contribution in [2.24, 2.45) is 0 Å². The van der Waals surface area contributed by atoms with Crippen LogP contribution in [0.4, 0.5) is 11.4 Å². The summed E-state index contributed by atoms with van der Waals surface area (Å²) in [5.41, 5.74) is -0.621. The zero-order chi connectivity index (χ0) is 19.3. The van der Waals surface area contributed by atoms with E-state index in [1.165, 1.54) is 43.5 Å². The molecule has 2 aromatic rings. The van der Waals surface area contributed by atoms with E-state index in [1.807, 2.05) is 6.92 Å².